The fourth-order valence-electron chi connectivity index (χ4n) is 2.02. The van der Waals surface area contributed by atoms with Crippen LogP contribution < -0.4 is 26.5 Å². The number of rotatable bonds is 3. The van der Waals surface area contributed by atoms with Crippen molar-refractivity contribution >= 4 is 23.1 Å². The van der Waals surface area contributed by atoms with Crippen LogP contribution in [-0.2, 0) is 0 Å². The molecule has 0 spiro atoms. The minimum absolute atomic E-state index is 0. The smallest absolute Gasteiger partial charge is 1.00 e. The van der Waals surface area contributed by atoms with Gasteiger partial charge >= 0.3 is 23.1 Å². The summed E-state index contributed by atoms with van der Waals surface area (Å²) in [4.78, 5) is 0. The Morgan fingerprint density at radius 1 is 1.18 bits per heavy atom. The predicted molar refractivity (Wildman–Crippen MR) is 65.1 cm³/mol. The number of hydrogen-bond donors (Lipinski definition) is 0. The van der Waals surface area contributed by atoms with Crippen LogP contribution in [0.4, 0.5) is 0 Å². The van der Waals surface area contributed by atoms with Crippen molar-refractivity contribution in [1.29, 1.82) is 0 Å². The summed E-state index contributed by atoms with van der Waals surface area (Å²) in [5.74, 6) is 1.63. The molecule has 0 heterocycles. The maximum absolute atomic E-state index is 5.93. The van der Waals surface area contributed by atoms with Crippen molar-refractivity contribution in [2.45, 2.75) is 38.2 Å². The van der Waals surface area contributed by atoms with Crippen molar-refractivity contribution in [3.05, 3.63) is 24.3 Å². The molecule has 1 aliphatic carbocycles. The molecule has 1 aromatic rings. The third-order valence-corrected chi connectivity index (χ3v) is 2.85. The van der Waals surface area contributed by atoms with Gasteiger partial charge in [0.05, 0.1) is 19.0 Å². The molecular formula is C13H17BrMgO2. The fourth-order valence-corrected chi connectivity index (χ4v) is 2.02. The van der Waals surface area contributed by atoms with Crippen LogP contribution in [0.25, 0.3) is 0 Å². The molecule has 17 heavy (non-hydrogen) atoms. The zero-order valence-electron chi connectivity index (χ0n) is 10.2. The van der Waals surface area contributed by atoms with Crippen LogP contribution in [0.2, 0.25) is 0 Å². The number of methoxy groups -OCH3 is 1. The van der Waals surface area contributed by atoms with E-state index in [9.17, 15) is 0 Å². The predicted octanol–water partition coefficient (Wildman–Crippen LogP) is -0.170. The Balaban J connectivity index is 0.00000128. The zero-order chi connectivity index (χ0) is 10.5. The van der Waals surface area contributed by atoms with Crippen molar-refractivity contribution in [2.75, 3.05) is 7.11 Å². The Morgan fingerprint density at radius 3 is 2.53 bits per heavy atom. The van der Waals surface area contributed by atoms with E-state index in [1.165, 1.54) is 32.1 Å². The Morgan fingerprint density at radius 2 is 1.88 bits per heavy atom. The number of hydrogen-bond acceptors (Lipinski definition) is 2. The van der Waals surface area contributed by atoms with E-state index >= 15 is 0 Å². The largest absolute Gasteiger partial charge is 2.00 e. The standard InChI is InChI=1S/C13H17O2.BrH.Mg/c1-14-12-9-5-6-10-13(12)15-11-7-3-2-4-8-11;;/h6,9-11H,2-4,7-8H2,1H3;1H;/q-1;;+2/p-1. The quantitative estimate of drug-likeness (QED) is 0.570. The van der Waals surface area contributed by atoms with Crippen molar-refractivity contribution < 1.29 is 26.5 Å². The summed E-state index contributed by atoms with van der Waals surface area (Å²) in [7, 11) is 1.66. The van der Waals surface area contributed by atoms with Gasteiger partial charge in [0.25, 0.3) is 0 Å². The Hall–Kier alpha value is 0.0662. The van der Waals surface area contributed by atoms with E-state index in [0.717, 1.165) is 11.5 Å². The van der Waals surface area contributed by atoms with Crippen LogP contribution in [-0.4, -0.2) is 36.3 Å². The summed E-state index contributed by atoms with van der Waals surface area (Å²) >= 11 is 0. The van der Waals surface area contributed by atoms with E-state index in [4.69, 9.17) is 9.47 Å². The van der Waals surface area contributed by atoms with Gasteiger partial charge in [-0.2, -0.15) is 12.1 Å². The molecule has 0 unspecified atom stereocenters. The van der Waals surface area contributed by atoms with E-state index in [1.54, 1.807) is 7.11 Å². The molecule has 0 radical (unpaired) electrons. The van der Waals surface area contributed by atoms with Crippen LogP contribution in [0.3, 0.4) is 0 Å². The number of ether oxygens (including phenoxy) is 2. The second-order valence-corrected chi connectivity index (χ2v) is 3.95. The second-order valence-electron chi connectivity index (χ2n) is 3.95. The molecule has 1 aromatic carbocycles. The van der Waals surface area contributed by atoms with Crippen molar-refractivity contribution in [2.24, 2.45) is 0 Å². The van der Waals surface area contributed by atoms with Crippen molar-refractivity contribution in [3.8, 4) is 11.5 Å². The average molecular weight is 309 g/mol. The molecular weight excluding hydrogens is 292 g/mol. The summed E-state index contributed by atoms with van der Waals surface area (Å²) in [6.45, 7) is 0. The molecule has 1 fully saturated rings. The van der Waals surface area contributed by atoms with Crippen LogP contribution in [0, 0.1) is 6.07 Å². The minimum Gasteiger partial charge on any atom is -1.00 e. The zero-order valence-corrected chi connectivity index (χ0v) is 13.2. The number of halogens is 1. The van der Waals surface area contributed by atoms with E-state index in [1.807, 2.05) is 18.2 Å². The van der Waals surface area contributed by atoms with Gasteiger partial charge in [-0.3, -0.25) is 0 Å². The second kappa shape index (κ2) is 9.06. The maximum atomic E-state index is 5.93. The maximum Gasteiger partial charge on any atom is 2.00 e. The molecule has 0 N–H and O–H groups in total. The van der Waals surface area contributed by atoms with Crippen LogP contribution in [0.5, 0.6) is 11.5 Å². The van der Waals surface area contributed by atoms with Crippen LogP contribution in [0.15, 0.2) is 18.2 Å². The van der Waals surface area contributed by atoms with Gasteiger partial charge in [0, 0.05) is 5.75 Å². The fraction of sp³-hybridized carbons (Fsp3) is 0.538. The first-order chi connectivity index (χ1) is 7.40. The Labute approximate surface area is 130 Å². The van der Waals surface area contributed by atoms with Gasteiger partial charge in [-0.05, 0) is 25.7 Å². The molecule has 0 atom stereocenters. The van der Waals surface area contributed by atoms with Gasteiger partial charge in [-0.1, -0.05) is 6.42 Å². The first-order valence-corrected chi connectivity index (χ1v) is 5.61. The third kappa shape index (κ3) is 5.06. The molecule has 90 valence electrons. The normalized spacial score (nSPS) is 15.4. The van der Waals surface area contributed by atoms with Gasteiger partial charge in [0.15, 0.2) is 0 Å². The van der Waals surface area contributed by atoms with Gasteiger partial charge in [-0.15, -0.1) is 12.1 Å². The number of benzene rings is 1. The molecule has 0 saturated heterocycles. The van der Waals surface area contributed by atoms with E-state index in [-0.39, 0.29) is 40.0 Å². The van der Waals surface area contributed by atoms with Gasteiger partial charge in [-0.25, -0.2) is 0 Å². The molecule has 1 aliphatic rings. The van der Waals surface area contributed by atoms with Crippen LogP contribution >= 0.6 is 0 Å². The van der Waals surface area contributed by atoms with Crippen molar-refractivity contribution in [1.82, 2.24) is 0 Å². The van der Waals surface area contributed by atoms with Gasteiger partial charge in [0.1, 0.15) is 0 Å². The SMILES string of the molecule is COc1c[c-]ccc1OC1CCCCC1.[Br-].[Mg+2]. The third-order valence-electron chi connectivity index (χ3n) is 2.85. The van der Waals surface area contributed by atoms with Gasteiger partial charge in [0.2, 0.25) is 0 Å². The van der Waals surface area contributed by atoms with E-state index < -0.39 is 0 Å². The molecule has 2 nitrogen and oxygen atoms in total. The first kappa shape index (κ1) is 17.1. The van der Waals surface area contributed by atoms with Crippen LogP contribution in [0.1, 0.15) is 32.1 Å². The van der Waals surface area contributed by atoms with E-state index in [2.05, 4.69) is 6.07 Å². The summed E-state index contributed by atoms with van der Waals surface area (Å²) < 4.78 is 11.2. The molecule has 0 aromatic heterocycles. The summed E-state index contributed by atoms with van der Waals surface area (Å²) in [5.41, 5.74) is 0. The summed E-state index contributed by atoms with van der Waals surface area (Å²) in [6.07, 6.45) is 6.62. The molecule has 0 aliphatic heterocycles. The van der Waals surface area contributed by atoms with E-state index in [0.29, 0.717) is 6.10 Å². The molecule has 4 heteroatoms. The summed E-state index contributed by atoms with van der Waals surface area (Å²) in [6, 6.07) is 8.59. The van der Waals surface area contributed by atoms with Gasteiger partial charge < -0.3 is 26.5 Å². The molecule has 0 bridgehead atoms. The molecule has 2 rings (SSSR count). The average Bonchev–Trinajstić information content (AvgIpc) is 2.31. The summed E-state index contributed by atoms with van der Waals surface area (Å²) in [5, 5.41) is 0. The first-order valence-electron chi connectivity index (χ1n) is 5.61. The Bertz CT molecular complexity index is 314. The monoisotopic (exact) mass is 308 g/mol. The minimum atomic E-state index is 0. The topological polar surface area (TPSA) is 18.5 Å². The molecule has 1 saturated carbocycles. The Kier molecular flexibility index (Phi) is 9.09. The van der Waals surface area contributed by atoms with Crippen molar-refractivity contribution in [3.63, 3.8) is 0 Å². The molecule has 0 amide bonds.